The van der Waals surface area contributed by atoms with E-state index in [-0.39, 0.29) is 5.77 Å². The molecule has 1 heterocycles. The molecule has 100 valence electrons. The molecule has 1 aromatic carbocycles. The van der Waals surface area contributed by atoms with Crippen molar-refractivity contribution in [1.29, 1.82) is 0 Å². The van der Waals surface area contributed by atoms with E-state index in [1.54, 1.807) is 12.1 Å². The second-order valence-electron chi connectivity index (χ2n) is 4.34. The van der Waals surface area contributed by atoms with E-state index in [4.69, 9.17) is 4.74 Å². The Morgan fingerprint density at radius 1 is 1.37 bits per heavy atom. The first kappa shape index (κ1) is 13.4. The van der Waals surface area contributed by atoms with Crippen molar-refractivity contribution >= 4 is 24.6 Å². The molecule has 0 aromatic heterocycles. The van der Waals surface area contributed by atoms with Crippen LogP contribution in [0.5, 0.6) is 5.75 Å². The fourth-order valence-electron chi connectivity index (χ4n) is 2.16. The number of aliphatic hydroxyl groups is 1. The van der Waals surface area contributed by atoms with Gasteiger partial charge in [0.15, 0.2) is 0 Å². The molecule has 1 saturated heterocycles. The fourth-order valence-corrected chi connectivity index (χ4v) is 2.16. The predicted molar refractivity (Wildman–Crippen MR) is 76.3 cm³/mol. The number of methoxy groups -OCH3 is 1. The second-order valence-corrected chi connectivity index (χ2v) is 4.34. The van der Waals surface area contributed by atoms with E-state index in [1.165, 1.54) is 7.11 Å². The van der Waals surface area contributed by atoms with Crippen LogP contribution >= 0.6 is 0 Å². The minimum atomic E-state index is 0.109. The van der Waals surface area contributed by atoms with Crippen molar-refractivity contribution in [3.63, 3.8) is 0 Å². The molecule has 1 aliphatic rings. The van der Waals surface area contributed by atoms with Gasteiger partial charge in [-0.3, -0.25) is 0 Å². The molecule has 0 unspecified atom stereocenters. The van der Waals surface area contributed by atoms with Crippen molar-refractivity contribution in [1.82, 2.24) is 4.90 Å². The molecule has 0 saturated carbocycles. The van der Waals surface area contributed by atoms with Gasteiger partial charge in [-0.2, -0.15) is 0 Å². The maximum atomic E-state index is 10.6. The molecule has 7 heteroatoms. The first-order valence-corrected chi connectivity index (χ1v) is 6.05. The maximum absolute atomic E-state index is 10.6. The van der Waals surface area contributed by atoms with E-state index in [1.807, 2.05) is 11.0 Å². The second kappa shape index (κ2) is 5.73. The number of aliphatic hydroxyl groups excluding tert-OH is 1. The van der Waals surface area contributed by atoms with E-state index in [0.717, 1.165) is 18.8 Å². The SMILES string of the molecule is B=C(O)N1CCN(c2ccc(N=O)c(OC)c2)CC1. The van der Waals surface area contributed by atoms with E-state index in [9.17, 15) is 10.0 Å². The number of anilines is 1. The van der Waals surface area contributed by atoms with E-state index in [0.29, 0.717) is 24.5 Å². The Bertz CT molecular complexity index is 487. The summed E-state index contributed by atoms with van der Waals surface area (Å²) < 4.78 is 5.14. The number of piperazine rings is 1. The van der Waals surface area contributed by atoms with Gasteiger partial charge < -0.3 is 0 Å². The number of nitrogens with zero attached hydrogens (tertiary/aromatic N) is 3. The summed E-state index contributed by atoms with van der Waals surface area (Å²) in [6.45, 7) is 2.98. The zero-order valence-electron chi connectivity index (χ0n) is 10.9. The Morgan fingerprint density at radius 3 is 2.58 bits per heavy atom. The topological polar surface area (TPSA) is 65.4 Å². The standard InChI is InChI=1S/C12H16BN3O3/c1-19-11-8-9(2-3-10(11)14-18)15-4-6-16(7-5-15)12(13)17/h2-3,8,13,17H,4-7H2,1H3. The Balaban J connectivity index is 2.11. The van der Waals surface area contributed by atoms with Crippen LogP contribution in [0.2, 0.25) is 0 Å². The van der Waals surface area contributed by atoms with Crippen LogP contribution < -0.4 is 9.64 Å². The monoisotopic (exact) mass is 261 g/mol. The van der Waals surface area contributed by atoms with Gasteiger partial charge in [-0.25, -0.2) is 0 Å². The van der Waals surface area contributed by atoms with E-state index in [2.05, 4.69) is 17.6 Å². The first-order chi connectivity index (χ1) is 9.15. The van der Waals surface area contributed by atoms with Gasteiger partial charge >= 0.3 is 112 Å². The van der Waals surface area contributed by atoms with E-state index < -0.39 is 0 Å². The molecular formula is C12H16BN3O3. The van der Waals surface area contributed by atoms with Crippen LogP contribution in [-0.2, 0) is 0 Å². The van der Waals surface area contributed by atoms with Gasteiger partial charge in [-0.05, 0) is 0 Å². The molecule has 0 radical (unpaired) electrons. The van der Waals surface area contributed by atoms with Crippen LogP contribution in [0.25, 0.3) is 0 Å². The van der Waals surface area contributed by atoms with Crippen LogP contribution in [0.3, 0.4) is 0 Å². The molecule has 1 fully saturated rings. The third-order valence-electron chi connectivity index (χ3n) is 3.27. The van der Waals surface area contributed by atoms with Gasteiger partial charge in [-0.1, -0.05) is 0 Å². The zero-order valence-corrected chi connectivity index (χ0v) is 10.9. The molecule has 0 spiro atoms. The number of rotatable bonds is 4. The summed E-state index contributed by atoms with van der Waals surface area (Å²) in [5.41, 5.74) is 1.28. The van der Waals surface area contributed by atoms with Gasteiger partial charge in [0.1, 0.15) is 0 Å². The van der Waals surface area contributed by atoms with Crippen LogP contribution in [0.15, 0.2) is 23.4 Å². The molecule has 2 rings (SSSR count). The normalized spacial score (nSPS) is 15.2. The molecule has 0 atom stereocenters. The average Bonchev–Trinajstić information content (AvgIpc) is 2.46. The summed E-state index contributed by atoms with van der Waals surface area (Å²) in [6.07, 6.45) is 0. The Labute approximate surface area is 112 Å². The minimum absolute atomic E-state index is 0.109. The fraction of sp³-hybridized carbons (Fsp3) is 0.417. The number of ether oxygens (including phenoxy) is 1. The summed E-state index contributed by atoms with van der Waals surface area (Å²) in [5, 5.41) is 12.2. The predicted octanol–water partition coefficient (Wildman–Crippen LogP) is 0.576. The van der Waals surface area contributed by atoms with Crippen molar-refractivity contribution in [2.45, 2.75) is 0 Å². The molecule has 19 heavy (non-hydrogen) atoms. The van der Waals surface area contributed by atoms with Crippen LogP contribution in [0, 0.1) is 4.91 Å². The van der Waals surface area contributed by atoms with Crippen LogP contribution in [0.4, 0.5) is 11.4 Å². The molecule has 6 nitrogen and oxygen atoms in total. The third kappa shape index (κ3) is 2.86. The summed E-state index contributed by atoms with van der Waals surface area (Å²) in [4.78, 5) is 14.6. The Hall–Kier alpha value is -2.05. The summed E-state index contributed by atoms with van der Waals surface area (Å²) in [5.74, 6) is 0.583. The first-order valence-electron chi connectivity index (χ1n) is 6.05. The third-order valence-corrected chi connectivity index (χ3v) is 3.27. The average molecular weight is 261 g/mol. The summed E-state index contributed by atoms with van der Waals surface area (Å²) in [6, 6.07) is 5.31. The van der Waals surface area contributed by atoms with Gasteiger partial charge in [0.2, 0.25) is 0 Å². The molecular weight excluding hydrogens is 245 g/mol. The number of hydrogen-bond donors (Lipinski definition) is 1. The van der Waals surface area contributed by atoms with Gasteiger partial charge in [0.25, 0.3) is 0 Å². The van der Waals surface area contributed by atoms with Gasteiger partial charge in [-0.15, -0.1) is 0 Å². The van der Waals surface area contributed by atoms with Crippen LogP contribution in [0.1, 0.15) is 0 Å². The Kier molecular flexibility index (Phi) is 4.04. The summed E-state index contributed by atoms with van der Waals surface area (Å²) in [7, 11) is 5.04. The van der Waals surface area contributed by atoms with Crippen LogP contribution in [-0.4, -0.2) is 56.6 Å². The quantitative estimate of drug-likeness (QED) is 0.634. The van der Waals surface area contributed by atoms with Crippen molar-refractivity contribution in [3.05, 3.63) is 23.1 Å². The number of hydrogen-bond acceptors (Lipinski definition) is 6. The summed E-state index contributed by atoms with van der Waals surface area (Å²) >= 11 is 0. The Morgan fingerprint density at radius 2 is 2.05 bits per heavy atom. The van der Waals surface area contributed by atoms with E-state index >= 15 is 0 Å². The van der Waals surface area contributed by atoms with Crippen molar-refractivity contribution in [2.24, 2.45) is 5.18 Å². The number of nitroso groups, excluding NO2 is 1. The van der Waals surface area contributed by atoms with Gasteiger partial charge in [0.05, 0.1) is 0 Å². The molecule has 1 aromatic rings. The molecule has 0 amide bonds. The molecule has 0 aliphatic carbocycles. The van der Waals surface area contributed by atoms with Crippen molar-refractivity contribution in [2.75, 3.05) is 38.2 Å². The zero-order chi connectivity index (χ0) is 13.8. The number of benzene rings is 1. The molecule has 1 N–H and O–H groups in total. The molecule has 1 aliphatic heterocycles. The van der Waals surface area contributed by atoms with Crippen molar-refractivity contribution < 1.29 is 9.84 Å². The molecule has 0 bridgehead atoms. The van der Waals surface area contributed by atoms with Gasteiger partial charge in [0, 0.05) is 0 Å². The van der Waals surface area contributed by atoms with Crippen molar-refractivity contribution in [3.8, 4) is 5.75 Å².